The Morgan fingerprint density at radius 2 is 1.26 bits per heavy atom. The number of thioether (sulfide) groups is 1. The van der Waals surface area contributed by atoms with Gasteiger partial charge < -0.3 is 10.3 Å². The van der Waals surface area contributed by atoms with Crippen LogP contribution >= 0.6 is 23.1 Å². The molecule has 2 heterocycles. The van der Waals surface area contributed by atoms with E-state index in [0.717, 1.165) is 16.3 Å². The van der Waals surface area contributed by atoms with Crippen molar-refractivity contribution in [1.82, 2.24) is 4.57 Å². The van der Waals surface area contributed by atoms with Crippen LogP contribution in [0, 0.1) is 0 Å². The minimum atomic E-state index is 0.844. The van der Waals surface area contributed by atoms with Gasteiger partial charge in [0.2, 0.25) is 0 Å². The van der Waals surface area contributed by atoms with Crippen molar-refractivity contribution in [3.63, 3.8) is 0 Å². The second-order valence-electron chi connectivity index (χ2n) is 11.1. The number of aromatic nitrogens is 1. The molecule has 0 spiro atoms. The highest BCUT2D eigenvalue weighted by Gasteiger charge is 2.17. The Hall–Kier alpha value is -4.77. The molecule has 2 nitrogen and oxygen atoms in total. The van der Waals surface area contributed by atoms with Crippen LogP contribution in [0.5, 0.6) is 0 Å². The summed E-state index contributed by atoms with van der Waals surface area (Å²) in [7, 11) is 0. The van der Waals surface area contributed by atoms with Crippen molar-refractivity contribution in [3.05, 3.63) is 139 Å². The van der Waals surface area contributed by atoms with Gasteiger partial charge in [-0.05, 0) is 64.2 Å². The molecule has 9 rings (SSSR count). The van der Waals surface area contributed by atoms with Crippen LogP contribution in [0.2, 0.25) is 0 Å². The molecule has 2 N–H and O–H groups in total. The number of para-hydroxylation sites is 1. The van der Waals surface area contributed by atoms with Gasteiger partial charge in [0.25, 0.3) is 0 Å². The molecule has 0 atom stereocenters. The molecule has 0 saturated heterocycles. The predicted molar refractivity (Wildman–Crippen MR) is 189 cm³/mol. The molecular formula is C39H26N2S2. The Balaban J connectivity index is 1.18. The van der Waals surface area contributed by atoms with Crippen molar-refractivity contribution in [1.29, 1.82) is 0 Å². The van der Waals surface area contributed by atoms with E-state index in [1.54, 1.807) is 0 Å². The lowest BCUT2D eigenvalue weighted by Gasteiger charge is -2.15. The number of nitrogens with zero attached hydrogens (tertiary/aromatic N) is 1. The van der Waals surface area contributed by atoms with E-state index in [1.165, 1.54) is 74.8 Å². The summed E-state index contributed by atoms with van der Waals surface area (Å²) >= 11 is 3.64. The maximum atomic E-state index is 6.82. The van der Waals surface area contributed by atoms with Crippen LogP contribution in [-0.4, -0.2) is 4.57 Å². The third-order valence-corrected chi connectivity index (χ3v) is 11.0. The molecule has 4 heteroatoms. The van der Waals surface area contributed by atoms with E-state index < -0.39 is 0 Å². The number of nitrogens with two attached hydrogens (primary N) is 1. The molecule has 0 saturated carbocycles. The quantitative estimate of drug-likeness (QED) is 0.164. The third kappa shape index (κ3) is 3.80. The van der Waals surface area contributed by atoms with Crippen molar-refractivity contribution in [2.45, 2.75) is 10.6 Å². The molecule has 0 fully saturated rings. The van der Waals surface area contributed by atoms with Gasteiger partial charge in [-0.25, -0.2) is 0 Å². The lowest BCUT2D eigenvalue weighted by atomic mass is 10.0. The topological polar surface area (TPSA) is 30.9 Å². The summed E-state index contributed by atoms with van der Waals surface area (Å²) in [5.74, 6) is 0.844. The van der Waals surface area contributed by atoms with Crippen molar-refractivity contribution in [2.24, 2.45) is 0 Å². The zero-order valence-corrected chi connectivity index (χ0v) is 24.9. The van der Waals surface area contributed by atoms with Crippen molar-refractivity contribution in [2.75, 3.05) is 5.73 Å². The number of nitrogen functional groups attached to an aromatic ring is 1. The van der Waals surface area contributed by atoms with E-state index in [-0.39, 0.29) is 0 Å². The van der Waals surface area contributed by atoms with Gasteiger partial charge in [0.05, 0.1) is 22.4 Å². The molecule has 0 amide bonds. The summed E-state index contributed by atoms with van der Waals surface area (Å²) in [5, 5.41) is 10.0. The van der Waals surface area contributed by atoms with Gasteiger partial charge >= 0.3 is 0 Å². The van der Waals surface area contributed by atoms with Crippen LogP contribution in [0.1, 0.15) is 5.56 Å². The average molecular weight is 587 g/mol. The number of benzene rings is 7. The maximum absolute atomic E-state index is 6.82. The second-order valence-corrected chi connectivity index (χ2v) is 13.2. The molecule has 7 aromatic carbocycles. The van der Waals surface area contributed by atoms with Crippen LogP contribution in [0.3, 0.4) is 0 Å². The highest BCUT2D eigenvalue weighted by molar-refractivity contribution is 7.98. The lowest BCUT2D eigenvalue weighted by Crippen LogP contribution is -1.97. The fourth-order valence-electron chi connectivity index (χ4n) is 6.69. The van der Waals surface area contributed by atoms with Crippen LogP contribution in [0.4, 0.5) is 5.69 Å². The maximum Gasteiger partial charge on any atom is 0.0547 e. The Bertz CT molecular complexity index is 2540. The van der Waals surface area contributed by atoms with E-state index in [9.17, 15) is 0 Å². The minimum absolute atomic E-state index is 0.844. The average Bonchev–Trinajstić information content (AvgIpc) is 3.59. The molecule has 204 valence electrons. The summed E-state index contributed by atoms with van der Waals surface area (Å²) < 4.78 is 4.98. The summed E-state index contributed by atoms with van der Waals surface area (Å²) in [4.78, 5) is 1.14. The molecule has 9 aromatic rings. The minimum Gasteiger partial charge on any atom is -0.397 e. The molecular weight excluding hydrogens is 561 g/mol. The van der Waals surface area contributed by atoms with Gasteiger partial charge in [0, 0.05) is 47.0 Å². The van der Waals surface area contributed by atoms with Gasteiger partial charge in [-0.2, -0.15) is 0 Å². The van der Waals surface area contributed by atoms with E-state index in [1.807, 2.05) is 23.1 Å². The van der Waals surface area contributed by atoms with Gasteiger partial charge in [0.15, 0.2) is 0 Å². The zero-order valence-electron chi connectivity index (χ0n) is 23.2. The van der Waals surface area contributed by atoms with E-state index >= 15 is 0 Å². The number of rotatable bonds is 4. The first-order valence-corrected chi connectivity index (χ1v) is 16.3. The zero-order chi connectivity index (χ0) is 28.5. The second kappa shape index (κ2) is 9.63. The van der Waals surface area contributed by atoms with Crippen LogP contribution in [0.15, 0.2) is 138 Å². The molecule has 0 aliphatic heterocycles. The Morgan fingerprint density at radius 1 is 0.558 bits per heavy atom. The van der Waals surface area contributed by atoms with Gasteiger partial charge in [-0.3, -0.25) is 0 Å². The normalized spacial score (nSPS) is 12.0. The smallest absolute Gasteiger partial charge is 0.0547 e. The van der Waals surface area contributed by atoms with E-state index in [0.29, 0.717) is 0 Å². The number of hydrogen-bond acceptors (Lipinski definition) is 3. The predicted octanol–water partition coefficient (Wildman–Crippen LogP) is 11.3. The number of fused-ring (bicyclic) bond motifs is 8. The van der Waals surface area contributed by atoms with Crippen LogP contribution in [-0.2, 0) is 5.75 Å². The van der Waals surface area contributed by atoms with E-state index in [4.69, 9.17) is 5.73 Å². The molecule has 0 aliphatic rings. The van der Waals surface area contributed by atoms with E-state index in [2.05, 4.69) is 138 Å². The summed E-state index contributed by atoms with van der Waals surface area (Å²) in [6.45, 7) is 0. The summed E-state index contributed by atoms with van der Waals surface area (Å²) in [6, 6.07) is 48.5. The fourth-order valence-corrected chi connectivity index (χ4v) is 8.79. The van der Waals surface area contributed by atoms with Crippen molar-refractivity contribution in [3.8, 4) is 5.69 Å². The Labute approximate surface area is 257 Å². The number of anilines is 1. The monoisotopic (exact) mass is 586 g/mol. The van der Waals surface area contributed by atoms with Gasteiger partial charge in [0.1, 0.15) is 0 Å². The SMILES string of the molecule is Nc1c(SCc2ccc(-n3c4ccccc4c4cc5ccccc5cc43)c3ccccc23)ccc2sc3ccccc3c12. The van der Waals surface area contributed by atoms with Crippen molar-refractivity contribution < 1.29 is 0 Å². The number of hydrogen-bond donors (Lipinski definition) is 1. The molecule has 43 heavy (non-hydrogen) atoms. The third-order valence-electron chi connectivity index (χ3n) is 8.70. The lowest BCUT2D eigenvalue weighted by molar-refractivity contribution is 1.19. The summed E-state index contributed by atoms with van der Waals surface area (Å²) in [5.41, 5.74) is 12.7. The van der Waals surface area contributed by atoms with Crippen molar-refractivity contribution >= 4 is 92.3 Å². The molecule has 0 radical (unpaired) electrons. The highest BCUT2D eigenvalue weighted by atomic mass is 32.2. The van der Waals surface area contributed by atoms with Gasteiger partial charge in [-0.15, -0.1) is 23.1 Å². The standard InChI is InChI=1S/C39H26N2S2/c40-39-37(20-19-36-38(39)30-14-6-8-16-35(30)43-36)42-23-26-17-18-33(28-12-4-3-11-27(26)28)41-32-15-7-5-13-29(32)31-21-24-9-1-2-10-25(24)22-34(31)41/h1-22H,23,40H2. The van der Waals surface area contributed by atoms with Crippen LogP contribution < -0.4 is 5.73 Å². The highest BCUT2D eigenvalue weighted by Crippen LogP contribution is 2.43. The first-order chi connectivity index (χ1) is 21.2. The Kier molecular flexibility index (Phi) is 5.55. The summed E-state index contributed by atoms with van der Waals surface area (Å²) in [6.07, 6.45) is 0. The molecule has 0 aliphatic carbocycles. The fraction of sp³-hybridized carbons (Fsp3) is 0.0256. The number of thiophene rings is 1. The van der Waals surface area contributed by atoms with Gasteiger partial charge in [-0.1, -0.05) is 91.0 Å². The Morgan fingerprint density at radius 3 is 2.12 bits per heavy atom. The molecule has 0 bridgehead atoms. The first-order valence-electron chi connectivity index (χ1n) is 14.5. The molecule has 0 unspecified atom stereocenters. The first kappa shape index (κ1) is 24.8. The van der Waals surface area contributed by atoms with Crippen LogP contribution in [0.25, 0.3) is 69.2 Å². The molecule has 2 aromatic heterocycles. The largest absolute Gasteiger partial charge is 0.397 e.